The van der Waals surface area contributed by atoms with Crippen molar-refractivity contribution in [2.45, 2.75) is 37.8 Å². The molecule has 2 N–H and O–H groups in total. The van der Waals surface area contributed by atoms with Crippen molar-refractivity contribution in [1.82, 2.24) is 10.6 Å². The number of hydrogen-bond acceptors (Lipinski definition) is 3. The van der Waals surface area contributed by atoms with E-state index in [-0.39, 0.29) is 23.0 Å². The van der Waals surface area contributed by atoms with Crippen molar-refractivity contribution < 1.29 is 13.2 Å². The summed E-state index contributed by atoms with van der Waals surface area (Å²) in [6.07, 6.45) is 1.17. The molecule has 0 aliphatic carbocycles. The largest absolute Gasteiger partial charge is 0.332 e. The van der Waals surface area contributed by atoms with Gasteiger partial charge in [0.1, 0.15) is 0 Å². The van der Waals surface area contributed by atoms with E-state index in [0.29, 0.717) is 0 Å². The zero-order chi connectivity index (χ0) is 18.6. The molecule has 0 aliphatic rings. The Morgan fingerprint density at radius 2 is 1.48 bits per heavy atom. The first-order valence-electron chi connectivity index (χ1n) is 8.11. The lowest BCUT2D eigenvalue weighted by Gasteiger charge is -2.20. The van der Waals surface area contributed by atoms with E-state index in [9.17, 15) is 13.2 Å². The van der Waals surface area contributed by atoms with Gasteiger partial charge in [0, 0.05) is 6.26 Å². The van der Waals surface area contributed by atoms with Gasteiger partial charge in [-0.05, 0) is 49.6 Å². The van der Waals surface area contributed by atoms with Gasteiger partial charge in [-0.15, -0.1) is 0 Å². The van der Waals surface area contributed by atoms with E-state index >= 15 is 0 Å². The molecule has 2 amide bonds. The average molecular weight is 360 g/mol. The number of carbonyl (C=O) groups is 1. The third kappa shape index (κ3) is 5.06. The van der Waals surface area contributed by atoms with E-state index < -0.39 is 9.84 Å². The van der Waals surface area contributed by atoms with Crippen LogP contribution in [0.2, 0.25) is 0 Å². The smallest absolute Gasteiger partial charge is 0.315 e. The third-order valence-electron chi connectivity index (χ3n) is 4.16. The molecule has 0 saturated heterocycles. The average Bonchev–Trinajstić information content (AvgIpc) is 2.54. The summed E-state index contributed by atoms with van der Waals surface area (Å²) in [4.78, 5) is 12.5. The monoisotopic (exact) mass is 360 g/mol. The van der Waals surface area contributed by atoms with E-state index in [1.54, 1.807) is 24.3 Å². The molecule has 0 heterocycles. The predicted octanol–water partition coefficient (Wildman–Crippen LogP) is 3.52. The number of hydrogen-bond donors (Lipinski definition) is 2. The van der Waals surface area contributed by atoms with Crippen LogP contribution in [-0.4, -0.2) is 20.7 Å². The third-order valence-corrected chi connectivity index (χ3v) is 5.29. The molecule has 0 aromatic heterocycles. The van der Waals surface area contributed by atoms with Crippen LogP contribution >= 0.6 is 0 Å². The lowest BCUT2D eigenvalue weighted by molar-refractivity contribution is 0.235. The number of aryl methyl sites for hydroxylation is 1. The Bertz CT molecular complexity index is 845. The Balaban J connectivity index is 1.99. The van der Waals surface area contributed by atoms with Crippen LogP contribution in [0.5, 0.6) is 0 Å². The minimum Gasteiger partial charge on any atom is -0.332 e. The summed E-state index contributed by atoms with van der Waals surface area (Å²) in [5, 5.41) is 5.80. The van der Waals surface area contributed by atoms with Crippen molar-refractivity contribution in [2.24, 2.45) is 0 Å². The fourth-order valence-corrected chi connectivity index (χ4v) is 3.30. The molecule has 5 nitrogen and oxygen atoms in total. The number of urea groups is 1. The van der Waals surface area contributed by atoms with Crippen LogP contribution in [0.15, 0.2) is 53.4 Å². The van der Waals surface area contributed by atoms with Crippen LogP contribution in [0, 0.1) is 6.92 Å². The van der Waals surface area contributed by atoms with E-state index in [1.807, 2.05) is 45.0 Å². The molecule has 0 bridgehead atoms. The van der Waals surface area contributed by atoms with Gasteiger partial charge in [0.05, 0.1) is 17.0 Å². The molecule has 2 atom stereocenters. The van der Waals surface area contributed by atoms with Crippen molar-refractivity contribution in [3.63, 3.8) is 0 Å². The van der Waals surface area contributed by atoms with E-state index in [4.69, 9.17) is 0 Å². The second-order valence-corrected chi connectivity index (χ2v) is 8.27. The van der Waals surface area contributed by atoms with Crippen molar-refractivity contribution >= 4 is 15.9 Å². The lowest BCUT2D eigenvalue weighted by Crippen LogP contribution is -2.38. The van der Waals surface area contributed by atoms with Gasteiger partial charge in [-0.1, -0.05) is 36.4 Å². The Morgan fingerprint density at radius 3 is 2.04 bits per heavy atom. The molecular formula is C19H24N2O3S. The number of sulfone groups is 1. The van der Waals surface area contributed by atoms with Crippen LogP contribution in [-0.2, 0) is 9.84 Å². The fourth-order valence-electron chi connectivity index (χ4n) is 2.67. The number of amides is 2. The van der Waals surface area contributed by atoms with Crippen molar-refractivity contribution in [3.05, 3.63) is 65.2 Å². The molecule has 6 heteroatoms. The lowest BCUT2D eigenvalue weighted by atomic mass is 10.0. The number of benzene rings is 2. The Morgan fingerprint density at radius 1 is 0.920 bits per heavy atom. The predicted molar refractivity (Wildman–Crippen MR) is 99.2 cm³/mol. The summed E-state index contributed by atoms with van der Waals surface area (Å²) < 4.78 is 23.0. The summed E-state index contributed by atoms with van der Waals surface area (Å²) in [6, 6.07) is 13.8. The van der Waals surface area contributed by atoms with Gasteiger partial charge < -0.3 is 10.6 Å². The first-order valence-corrected chi connectivity index (χ1v) is 10.00. The number of rotatable bonds is 5. The molecular weight excluding hydrogens is 336 g/mol. The zero-order valence-corrected chi connectivity index (χ0v) is 15.7. The molecule has 0 saturated carbocycles. The molecule has 2 rings (SSSR count). The fraction of sp³-hybridized carbons (Fsp3) is 0.316. The summed E-state index contributed by atoms with van der Waals surface area (Å²) in [6.45, 7) is 5.80. The molecule has 2 unspecified atom stereocenters. The molecule has 0 aliphatic heterocycles. The standard InChI is InChI=1S/C19H24N2O3S/c1-13-7-5-6-8-18(13)15(3)21-19(22)20-14(2)16-9-11-17(12-10-16)25(4,23)24/h5-12,14-15H,1-4H3,(H2,20,21,22). The number of carbonyl (C=O) groups excluding carboxylic acids is 1. The Hall–Kier alpha value is -2.34. The SMILES string of the molecule is Cc1ccccc1C(C)NC(=O)NC(C)c1ccc(S(C)(=O)=O)cc1. The van der Waals surface area contributed by atoms with Crippen LogP contribution in [0.4, 0.5) is 4.79 Å². The van der Waals surface area contributed by atoms with E-state index in [0.717, 1.165) is 16.7 Å². The van der Waals surface area contributed by atoms with Gasteiger partial charge in [-0.3, -0.25) is 0 Å². The van der Waals surface area contributed by atoms with Gasteiger partial charge >= 0.3 is 6.03 Å². The minimum atomic E-state index is -3.22. The molecule has 0 fully saturated rings. The van der Waals surface area contributed by atoms with Gasteiger partial charge in [-0.25, -0.2) is 13.2 Å². The molecule has 2 aromatic carbocycles. The second-order valence-electron chi connectivity index (χ2n) is 6.26. The minimum absolute atomic E-state index is 0.110. The molecule has 25 heavy (non-hydrogen) atoms. The summed E-state index contributed by atoms with van der Waals surface area (Å²) in [7, 11) is -3.22. The maximum absolute atomic E-state index is 12.2. The normalized spacial score (nSPS) is 13.8. The molecule has 0 spiro atoms. The Labute approximate surface area is 149 Å². The van der Waals surface area contributed by atoms with Crippen molar-refractivity contribution in [1.29, 1.82) is 0 Å². The maximum Gasteiger partial charge on any atom is 0.315 e. The van der Waals surface area contributed by atoms with Gasteiger partial charge in [0.25, 0.3) is 0 Å². The first kappa shape index (κ1) is 19.0. The Kier molecular flexibility index (Phi) is 5.85. The first-order chi connectivity index (χ1) is 11.7. The van der Waals surface area contributed by atoms with Crippen LogP contribution in [0.3, 0.4) is 0 Å². The summed E-state index contributed by atoms with van der Waals surface area (Å²) in [5.41, 5.74) is 3.04. The van der Waals surface area contributed by atoms with Crippen LogP contribution < -0.4 is 10.6 Å². The van der Waals surface area contributed by atoms with Gasteiger partial charge in [0.15, 0.2) is 9.84 Å². The second kappa shape index (κ2) is 7.70. The van der Waals surface area contributed by atoms with Crippen molar-refractivity contribution in [3.8, 4) is 0 Å². The van der Waals surface area contributed by atoms with E-state index in [2.05, 4.69) is 10.6 Å². The topological polar surface area (TPSA) is 75.3 Å². The van der Waals surface area contributed by atoms with Gasteiger partial charge in [0.2, 0.25) is 0 Å². The summed E-state index contributed by atoms with van der Waals surface area (Å²) in [5.74, 6) is 0. The zero-order valence-electron chi connectivity index (χ0n) is 14.9. The highest BCUT2D eigenvalue weighted by Crippen LogP contribution is 2.18. The quantitative estimate of drug-likeness (QED) is 0.857. The van der Waals surface area contributed by atoms with E-state index in [1.165, 1.54) is 6.26 Å². The maximum atomic E-state index is 12.2. The van der Waals surface area contributed by atoms with Crippen LogP contribution in [0.1, 0.15) is 42.6 Å². The summed E-state index contributed by atoms with van der Waals surface area (Å²) >= 11 is 0. The molecule has 2 aromatic rings. The highest BCUT2D eigenvalue weighted by atomic mass is 32.2. The van der Waals surface area contributed by atoms with Crippen molar-refractivity contribution in [2.75, 3.05) is 6.26 Å². The number of nitrogens with one attached hydrogen (secondary N) is 2. The highest BCUT2D eigenvalue weighted by Gasteiger charge is 2.15. The van der Waals surface area contributed by atoms with Crippen LogP contribution in [0.25, 0.3) is 0 Å². The van der Waals surface area contributed by atoms with Gasteiger partial charge in [-0.2, -0.15) is 0 Å². The molecule has 0 radical (unpaired) electrons. The molecule has 134 valence electrons. The highest BCUT2D eigenvalue weighted by molar-refractivity contribution is 7.90.